The molecule has 0 amide bonds. The fraction of sp³-hybridized carbons (Fsp3) is 0.429. The highest BCUT2D eigenvalue weighted by Gasteiger charge is 2.20. The third kappa shape index (κ3) is 8.20. The van der Waals surface area contributed by atoms with Gasteiger partial charge in [0.05, 0.1) is 0 Å². The van der Waals surface area contributed by atoms with Crippen LogP contribution in [0.1, 0.15) is 35.4 Å². The molecule has 0 unspecified atom stereocenters. The Balaban J connectivity index is 0.000000640. The molecule has 0 aliphatic carbocycles. The van der Waals surface area contributed by atoms with E-state index in [0.29, 0.717) is 5.92 Å². The van der Waals surface area contributed by atoms with Gasteiger partial charge in [0.15, 0.2) is 0 Å². The summed E-state index contributed by atoms with van der Waals surface area (Å²) in [7, 11) is 0. The number of halogens is 4. The van der Waals surface area contributed by atoms with Gasteiger partial charge in [-0.2, -0.15) is 13.2 Å². The summed E-state index contributed by atoms with van der Waals surface area (Å²) in [5, 5.41) is 0. The Kier molecular flexibility index (Phi) is 9.81. The minimum atomic E-state index is -3.67. The maximum Gasteiger partial charge on any atom is 0.379 e. The normalized spacial score (nSPS) is 15.4. The molecule has 1 aliphatic rings. The average molecular weight is 415 g/mol. The van der Waals surface area contributed by atoms with E-state index in [9.17, 15) is 17.6 Å². The van der Waals surface area contributed by atoms with Gasteiger partial charge < -0.3 is 0 Å². The first-order valence-corrected chi connectivity index (χ1v) is 10.4. The van der Waals surface area contributed by atoms with Crippen molar-refractivity contribution in [2.45, 2.75) is 38.5 Å². The molecular formula is C21H26F4N2S. The lowest BCUT2D eigenvalue weighted by atomic mass is 9.89. The molecule has 1 saturated heterocycles. The molecule has 1 heterocycles. The Morgan fingerprint density at radius 1 is 0.964 bits per heavy atom. The van der Waals surface area contributed by atoms with E-state index >= 15 is 0 Å². The monoisotopic (exact) mass is 414 g/mol. The molecule has 1 aliphatic heterocycles. The molecular weight excluding hydrogens is 388 g/mol. The van der Waals surface area contributed by atoms with E-state index < -0.39 is 6.68 Å². The van der Waals surface area contributed by atoms with Crippen molar-refractivity contribution in [3.05, 3.63) is 71.0 Å². The minimum absolute atomic E-state index is 0.146. The highest BCUT2D eigenvalue weighted by Crippen LogP contribution is 2.28. The van der Waals surface area contributed by atoms with Crippen molar-refractivity contribution in [3.63, 3.8) is 0 Å². The standard InChI is InChI=1S/C20H25FN2S.CHF3/c1-24-22-14-16-2-4-17(5-3-16)15-23-12-10-19(11-13-23)18-6-8-20(21)9-7-18;2-1(3)4/h2-9,19,22H,10-15H2,1H3;1H. The van der Waals surface area contributed by atoms with Gasteiger partial charge in [-0.25, -0.2) is 4.39 Å². The summed E-state index contributed by atoms with van der Waals surface area (Å²) in [6, 6.07) is 15.9. The van der Waals surface area contributed by atoms with Gasteiger partial charge >= 0.3 is 6.68 Å². The lowest BCUT2D eigenvalue weighted by Gasteiger charge is -2.32. The number of hydrogen-bond acceptors (Lipinski definition) is 3. The van der Waals surface area contributed by atoms with E-state index in [1.165, 1.54) is 16.7 Å². The molecule has 1 fully saturated rings. The summed E-state index contributed by atoms with van der Waals surface area (Å²) in [6.45, 7) is 0.479. The molecule has 7 heteroatoms. The van der Waals surface area contributed by atoms with Crippen molar-refractivity contribution in [3.8, 4) is 0 Å². The molecule has 0 atom stereocenters. The first-order chi connectivity index (χ1) is 13.5. The molecule has 154 valence electrons. The largest absolute Gasteiger partial charge is 0.379 e. The molecule has 0 bridgehead atoms. The quantitative estimate of drug-likeness (QED) is 0.479. The highest BCUT2D eigenvalue weighted by atomic mass is 32.2. The van der Waals surface area contributed by atoms with Gasteiger partial charge in [0.1, 0.15) is 5.82 Å². The molecule has 0 aromatic heterocycles. The smallest absolute Gasteiger partial charge is 0.299 e. The zero-order valence-corrected chi connectivity index (χ0v) is 16.7. The summed E-state index contributed by atoms with van der Waals surface area (Å²) in [4.78, 5) is 2.52. The second kappa shape index (κ2) is 12.1. The molecule has 28 heavy (non-hydrogen) atoms. The second-order valence-corrected chi connectivity index (χ2v) is 7.39. The van der Waals surface area contributed by atoms with Crippen LogP contribution in [0, 0.1) is 5.82 Å². The van der Waals surface area contributed by atoms with Crippen LogP contribution in [0.3, 0.4) is 0 Å². The molecule has 3 rings (SSSR count). The van der Waals surface area contributed by atoms with E-state index in [4.69, 9.17) is 0 Å². The van der Waals surface area contributed by atoms with E-state index in [1.807, 2.05) is 18.4 Å². The van der Waals surface area contributed by atoms with E-state index in [1.54, 1.807) is 24.1 Å². The predicted octanol–water partition coefficient (Wildman–Crippen LogP) is 5.75. The summed E-state index contributed by atoms with van der Waals surface area (Å²) in [5.41, 5.74) is 3.98. The van der Waals surface area contributed by atoms with Crippen LogP contribution in [0.15, 0.2) is 48.5 Å². The highest BCUT2D eigenvalue weighted by molar-refractivity contribution is 7.96. The van der Waals surface area contributed by atoms with Crippen molar-refractivity contribution in [1.29, 1.82) is 0 Å². The van der Waals surface area contributed by atoms with Crippen LogP contribution in [-0.4, -0.2) is 30.9 Å². The number of alkyl halides is 3. The van der Waals surface area contributed by atoms with Gasteiger partial charge in [-0.15, -0.1) is 0 Å². The Morgan fingerprint density at radius 3 is 2.04 bits per heavy atom. The van der Waals surface area contributed by atoms with Crippen LogP contribution in [0.5, 0.6) is 0 Å². The van der Waals surface area contributed by atoms with Crippen molar-refractivity contribution >= 4 is 11.9 Å². The zero-order valence-electron chi connectivity index (χ0n) is 15.9. The van der Waals surface area contributed by atoms with Gasteiger partial charge in [-0.1, -0.05) is 48.3 Å². The van der Waals surface area contributed by atoms with Crippen molar-refractivity contribution in [2.75, 3.05) is 19.3 Å². The molecule has 0 spiro atoms. The number of rotatable bonds is 6. The Hall–Kier alpha value is -1.57. The number of likely N-dealkylation sites (tertiary alicyclic amines) is 1. The maximum absolute atomic E-state index is 13.0. The summed E-state index contributed by atoms with van der Waals surface area (Å²) in [5.74, 6) is 0.425. The molecule has 0 saturated carbocycles. The van der Waals surface area contributed by atoms with Gasteiger partial charge in [0.25, 0.3) is 0 Å². The summed E-state index contributed by atoms with van der Waals surface area (Å²) < 4.78 is 45.3. The summed E-state index contributed by atoms with van der Waals surface area (Å²) in [6.07, 6.45) is 4.35. The maximum atomic E-state index is 13.0. The molecule has 2 nitrogen and oxygen atoms in total. The zero-order chi connectivity index (χ0) is 20.4. The molecule has 1 N–H and O–H groups in total. The van der Waals surface area contributed by atoms with Crippen LogP contribution in [-0.2, 0) is 13.1 Å². The van der Waals surface area contributed by atoms with Crippen LogP contribution in [0.4, 0.5) is 17.6 Å². The first kappa shape index (κ1) is 22.7. The Labute approximate surface area is 168 Å². The third-order valence-electron chi connectivity index (χ3n) is 4.78. The second-order valence-electron chi connectivity index (χ2n) is 6.69. The van der Waals surface area contributed by atoms with E-state index in [2.05, 4.69) is 33.9 Å². The van der Waals surface area contributed by atoms with Gasteiger partial charge in [0, 0.05) is 13.1 Å². The van der Waals surface area contributed by atoms with Crippen LogP contribution >= 0.6 is 11.9 Å². The Bertz CT molecular complexity index is 669. The lowest BCUT2D eigenvalue weighted by Crippen LogP contribution is -2.32. The van der Waals surface area contributed by atoms with Gasteiger partial charge in [-0.3, -0.25) is 9.62 Å². The molecule has 0 radical (unpaired) electrons. The van der Waals surface area contributed by atoms with E-state index in [0.717, 1.165) is 39.0 Å². The Morgan fingerprint density at radius 2 is 1.50 bits per heavy atom. The summed E-state index contributed by atoms with van der Waals surface area (Å²) >= 11 is 1.65. The minimum Gasteiger partial charge on any atom is -0.299 e. The number of benzene rings is 2. The fourth-order valence-corrected chi connectivity index (χ4v) is 3.65. The first-order valence-electron chi connectivity index (χ1n) is 9.21. The van der Waals surface area contributed by atoms with Gasteiger partial charge in [0.2, 0.25) is 0 Å². The predicted molar refractivity (Wildman–Crippen MR) is 108 cm³/mol. The van der Waals surface area contributed by atoms with Crippen molar-refractivity contribution < 1.29 is 17.6 Å². The number of nitrogens with one attached hydrogen (secondary N) is 1. The third-order valence-corrected chi connectivity index (χ3v) is 5.21. The number of hydrogen-bond donors (Lipinski definition) is 1. The van der Waals surface area contributed by atoms with Gasteiger partial charge in [-0.05, 0) is 66.9 Å². The lowest BCUT2D eigenvalue weighted by molar-refractivity contribution is 0.00819. The van der Waals surface area contributed by atoms with Crippen LogP contribution in [0.25, 0.3) is 0 Å². The molecule has 2 aromatic rings. The van der Waals surface area contributed by atoms with Crippen LogP contribution < -0.4 is 4.72 Å². The van der Waals surface area contributed by atoms with Crippen molar-refractivity contribution in [2.24, 2.45) is 0 Å². The topological polar surface area (TPSA) is 15.3 Å². The molecule has 2 aromatic carbocycles. The van der Waals surface area contributed by atoms with Crippen LogP contribution in [0.2, 0.25) is 0 Å². The average Bonchev–Trinajstić information content (AvgIpc) is 2.68. The SMILES string of the molecule is CSNCc1ccc(CN2CCC(c3ccc(F)cc3)CC2)cc1.FC(F)F. The number of piperidine rings is 1. The van der Waals surface area contributed by atoms with E-state index in [-0.39, 0.29) is 5.82 Å². The van der Waals surface area contributed by atoms with Crippen molar-refractivity contribution in [1.82, 2.24) is 9.62 Å². The fourth-order valence-electron chi connectivity index (χ4n) is 3.34. The number of nitrogens with zero attached hydrogens (tertiary/aromatic N) is 1.